The number of H-pyrrole nitrogens is 1. The Labute approximate surface area is 88.2 Å². The summed E-state index contributed by atoms with van der Waals surface area (Å²) in [5.74, 6) is 0.912. The third kappa shape index (κ3) is 2.06. The number of unbranched alkanes of at least 4 members (excludes halogenated alkanes) is 1. The Balaban J connectivity index is 2.49. The maximum Gasteiger partial charge on any atom is 0.206 e. The smallest absolute Gasteiger partial charge is 0.206 e. The molecule has 0 unspecified atom stereocenters. The molecule has 2 aromatic rings. The molecule has 0 spiro atoms. The fraction of sp³-hybridized carbons (Fsp3) is 0.333. The molecule has 0 saturated carbocycles. The first-order chi connectivity index (χ1) is 7.31. The fourth-order valence-corrected chi connectivity index (χ4v) is 1.58. The summed E-state index contributed by atoms with van der Waals surface area (Å²) in [4.78, 5) is 19.1. The molecule has 15 heavy (non-hydrogen) atoms. The normalized spacial score (nSPS) is 10.7. The van der Waals surface area contributed by atoms with Gasteiger partial charge in [-0.2, -0.15) is 0 Å². The van der Waals surface area contributed by atoms with Crippen LogP contribution in [-0.4, -0.2) is 9.97 Å². The van der Waals surface area contributed by atoms with Crippen LogP contribution in [-0.2, 0) is 6.42 Å². The molecule has 0 atom stereocenters. The molecule has 0 aliphatic rings. The molecule has 1 N–H and O–H groups in total. The summed E-state index contributed by atoms with van der Waals surface area (Å²) in [6.45, 7) is 2.14. The SMILES string of the molecule is CCCCc1nc2c(=O)ccccc2[nH]1. The topological polar surface area (TPSA) is 45.8 Å². The van der Waals surface area contributed by atoms with Crippen LogP contribution in [0.25, 0.3) is 11.0 Å². The molecule has 0 amide bonds. The van der Waals surface area contributed by atoms with Gasteiger partial charge in [0.15, 0.2) is 0 Å². The van der Waals surface area contributed by atoms with Crippen molar-refractivity contribution >= 4 is 11.0 Å². The number of aromatic nitrogens is 2. The summed E-state index contributed by atoms with van der Waals surface area (Å²) < 4.78 is 0. The monoisotopic (exact) mass is 202 g/mol. The Morgan fingerprint density at radius 2 is 2.13 bits per heavy atom. The lowest BCUT2D eigenvalue weighted by Gasteiger charge is -1.90. The molecular formula is C12H14N2O. The average Bonchev–Trinajstić information content (AvgIpc) is 2.57. The number of imidazole rings is 1. The number of hydrogen-bond donors (Lipinski definition) is 1. The fourth-order valence-electron chi connectivity index (χ4n) is 1.58. The second-order valence-electron chi connectivity index (χ2n) is 3.63. The van der Waals surface area contributed by atoms with Crippen molar-refractivity contribution in [3.8, 4) is 0 Å². The third-order valence-corrected chi connectivity index (χ3v) is 2.40. The number of hydrogen-bond acceptors (Lipinski definition) is 2. The number of rotatable bonds is 3. The summed E-state index contributed by atoms with van der Waals surface area (Å²) in [7, 11) is 0. The zero-order chi connectivity index (χ0) is 10.7. The van der Waals surface area contributed by atoms with Crippen LogP contribution in [0.1, 0.15) is 25.6 Å². The highest BCUT2D eigenvalue weighted by atomic mass is 16.1. The van der Waals surface area contributed by atoms with Gasteiger partial charge in [-0.15, -0.1) is 0 Å². The van der Waals surface area contributed by atoms with Gasteiger partial charge in [-0.1, -0.05) is 25.5 Å². The molecule has 0 aliphatic carbocycles. The van der Waals surface area contributed by atoms with E-state index in [2.05, 4.69) is 16.9 Å². The zero-order valence-corrected chi connectivity index (χ0v) is 8.79. The molecule has 0 bridgehead atoms. The second-order valence-corrected chi connectivity index (χ2v) is 3.63. The number of aromatic amines is 1. The van der Waals surface area contributed by atoms with E-state index < -0.39 is 0 Å². The summed E-state index contributed by atoms with van der Waals surface area (Å²) in [6, 6.07) is 7.03. The van der Waals surface area contributed by atoms with Gasteiger partial charge in [0, 0.05) is 6.42 Å². The van der Waals surface area contributed by atoms with Gasteiger partial charge in [-0.3, -0.25) is 4.79 Å². The summed E-state index contributed by atoms with van der Waals surface area (Å²) in [5.41, 5.74) is 1.36. The maximum absolute atomic E-state index is 11.6. The van der Waals surface area contributed by atoms with Gasteiger partial charge in [0.1, 0.15) is 11.3 Å². The third-order valence-electron chi connectivity index (χ3n) is 2.40. The van der Waals surface area contributed by atoms with E-state index >= 15 is 0 Å². The van der Waals surface area contributed by atoms with E-state index in [-0.39, 0.29) is 5.43 Å². The molecule has 0 saturated heterocycles. The van der Waals surface area contributed by atoms with E-state index in [1.165, 1.54) is 0 Å². The van der Waals surface area contributed by atoms with Crippen LogP contribution in [0.3, 0.4) is 0 Å². The minimum atomic E-state index is -0.0194. The predicted octanol–water partition coefficient (Wildman–Crippen LogP) is 2.27. The maximum atomic E-state index is 11.6. The highest BCUT2D eigenvalue weighted by Gasteiger charge is 2.03. The van der Waals surface area contributed by atoms with Crippen LogP contribution >= 0.6 is 0 Å². The van der Waals surface area contributed by atoms with Gasteiger partial charge in [-0.05, 0) is 18.6 Å². The zero-order valence-electron chi connectivity index (χ0n) is 8.79. The van der Waals surface area contributed by atoms with Gasteiger partial charge >= 0.3 is 0 Å². The van der Waals surface area contributed by atoms with Gasteiger partial charge in [0.25, 0.3) is 0 Å². The van der Waals surface area contributed by atoms with E-state index in [9.17, 15) is 4.79 Å². The molecule has 78 valence electrons. The highest BCUT2D eigenvalue weighted by molar-refractivity contribution is 5.73. The summed E-state index contributed by atoms with van der Waals surface area (Å²) >= 11 is 0. The highest BCUT2D eigenvalue weighted by Crippen LogP contribution is 2.07. The van der Waals surface area contributed by atoms with Crippen molar-refractivity contribution in [1.29, 1.82) is 0 Å². The molecule has 3 heteroatoms. The lowest BCUT2D eigenvalue weighted by molar-refractivity contribution is 0.765. The molecule has 3 nitrogen and oxygen atoms in total. The van der Waals surface area contributed by atoms with Crippen LogP contribution in [0.4, 0.5) is 0 Å². The molecule has 0 radical (unpaired) electrons. The van der Waals surface area contributed by atoms with Crippen molar-refractivity contribution in [2.75, 3.05) is 0 Å². The Hall–Kier alpha value is -1.64. The van der Waals surface area contributed by atoms with Crippen LogP contribution in [0.2, 0.25) is 0 Å². The van der Waals surface area contributed by atoms with Gasteiger partial charge in [-0.25, -0.2) is 4.98 Å². The van der Waals surface area contributed by atoms with Crippen molar-refractivity contribution in [2.45, 2.75) is 26.2 Å². The quantitative estimate of drug-likeness (QED) is 0.829. The second kappa shape index (κ2) is 4.26. The van der Waals surface area contributed by atoms with E-state index in [4.69, 9.17) is 0 Å². The van der Waals surface area contributed by atoms with E-state index in [0.29, 0.717) is 5.52 Å². The van der Waals surface area contributed by atoms with Crippen molar-refractivity contribution in [3.05, 3.63) is 40.3 Å². The summed E-state index contributed by atoms with van der Waals surface area (Å²) in [5, 5.41) is 0. The van der Waals surface area contributed by atoms with Crippen molar-refractivity contribution in [3.63, 3.8) is 0 Å². The van der Waals surface area contributed by atoms with Crippen LogP contribution in [0.15, 0.2) is 29.1 Å². The number of nitrogens with one attached hydrogen (secondary N) is 1. The van der Waals surface area contributed by atoms with Crippen LogP contribution in [0.5, 0.6) is 0 Å². The molecule has 1 aromatic heterocycles. The number of aryl methyl sites for hydroxylation is 1. The number of fused-ring (bicyclic) bond motifs is 1. The molecule has 1 heterocycles. The van der Waals surface area contributed by atoms with Crippen molar-refractivity contribution in [1.82, 2.24) is 9.97 Å². The standard InChI is InChI=1S/C12H14N2O/c1-2-3-8-11-13-9-6-4-5-7-10(15)12(9)14-11/h4-7H,2-3,8H2,1H3,(H,13,14). The van der Waals surface area contributed by atoms with Crippen molar-refractivity contribution in [2.24, 2.45) is 0 Å². The minimum absolute atomic E-state index is 0.0194. The average molecular weight is 202 g/mol. The predicted molar refractivity (Wildman–Crippen MR) is 61.0 cm³/mol. The van der Waals surface area contributed by atoms with E-state index in [0.717, 1.165) is 30.6 Å². The van der Waals surface area contributed by atoms with Gasteiger partial charge in [0.2, 0.25) is 5.43 Å². The first-order valence-electron chi connectivity index (χ1n) is 5.29. The van der Waals surface area contributed by atoms with Crippen molar-refractivity contribution < 1.29 is 0 Å². The largest absolute Gasteiger partial charge is 0.342 e. The van der Waals surface area contributed by atoms with Gasteiger partial charge in [0.05, 0.1) is 5.52 Å². The Morgan fingerprint density at radius 3 is 2.93 bits per heavy atom. The molecule has 1 aromatic carbocycles. The first-order valence-corrected chi connectivity index (χ1v) is 5.29. The Morgan fingerprint density at radius 1 is 1.33 bits per heavy atom. The lowest BCUT2D eigenvalue weighted by atomic mass is 10.2. The molecule has 2 rings (SSSR count). The van der Waals surface area contributed by atoms with Crippen LogP contribution in [0, 0.1) is 0 Å². The minimum Gasteiger partial charge on any atom is -0.342 e. The van der Waals surface area contributed by atoms with E-state index in [1.807, 2.05) is 12.1 Å². The first kappa shape index (κ1) is 9.90. The van der Waals surface area contributed by atoms with Crippen LogP contribution < -0.4 is 5.43 Å². The number of nitrogens with zero attached hydrogens (tertiary/aromatic N) is 1. The molecular weight excluding hydrogens is 188 g/mol. The van der Waals surface area contributed by atoms with E-state index in [1.54, 1.807) is 12.1 Å². The molecule has 0 fully saturated rings. The summed E-state index contributed by atoms with van der Waals surface area (Å²) in [6.07, 6.45) is 3.14. The van der Waals surface area contributed by atoms with Gasteiger partial charge < -0.3 is 4.98 Å². The lowest BCUT2D eigenvalue weighted by Crippen LogP contribution is -1.95. The Bertz CT molecular complexity index is 516. The molecule has 0 aliphatic heterocycles. The Kier molecular flexibility index (Phi) is 2.81.